The number of nitrogens with zero attached hydrogens (tertiary/aromatic N) is 2. The van der Waals surface area contributed by atoms with Gasteiger partial charge in [0.1, 0.15) is 0 Å². The number of anilines is 6. The Hall–Kier alpha value is -12.0. The summed E-state index contributed by atoms with van der Waals surface area (Å²) in [7, 11) is 0. The second-order valence-corrected chi connectivity index (χ2v) is 24.3. The average molecular weight is 1300 g/mol. The van der Waals surface area contributed by atoms with Gasteiger partial charge in [-0.2, -0.15) is 0 Å². The summed E-state index contributed by atoms with van der Waals surface area (Å²) in [5, 5.41) is 3.19. The number of fused-ring (bicyclic) bond motifs is 8. The quantitative estimate of drug-likeness (QED) is 0.0645. The van der Waals surface area contributed by atoms with Crippen LogP contribution in [0.1, 0.15) is 55.6 Å². The molecular formula is C86H50F10N2. The van der Waals surface area contributed by atoms with Crippen LogP contribution in [0.2, 0.25) is 0 Å². The van der Waals surface area contributed by atoms with Crippen molar-refractivity contribution in [3.05, 3.63) is 394 Å². The Morgan fingerprint density at radius 2 is 0.541 bits per heavy atom. The highest BCUT2D eigenvalue weighted by atomic mass is 19.2. The average Bonchev–Trinajstić information content (AvgIpc) is 1.41. The lowest BCUT2D eigenvalue weighted by Crippen LogP contribution is -2.33. The van der Waals surface area contributed by atoms with E-state index in [1.807, 2.05) is 168 Å². The molecule has 98 heavy (non-hydrogen) atoms. The molecule has 0 spiro atoms. The van der Waals surface area contributed by atoms with E-state index >= 15 is 43.9 Å². The molecule has 0 fully saturated rings. The van der Waals surface area contributed by atoms with Crippen LogP contribution in [0.15, 0.2) is 280 Å². The number of para-hydroxylation sites is 2. The van der Waals surface area contributed by atoms with Gasteiger partial charge in [-0.25, -0.2) is 43.9 Å². The molecule has 0 aromatic heterocycles. The third-order valence-corrected chi connectivity index (χ3v) is 19.5. The van der Waals surface area contributed by atoms with Gasteiger partial charge in [0, 0.05) is 44.6 Å². The summed E-state index contributed by atoms with van der Waals surface area (Å²) in [6.45, 7) is 7.76. The Kier molecular flexibility index (Phi) is 14.6. The smallest absolute Gasteiger partial charge is 0.200 e. The summed E-state index contributed by atoms with van der Waals surface area (Å²) in [4.78, 5) is 4.01. The fraction of sp³-hybridized carbons (Fsp3) is 0.0233. The maximum absolute atomic E-state index is 17.1. The van der Waals surface area contributed by atoms with Gasteiger partial charge in [-0.1, -0.05) is 232 Å². The van der Waals surface area contributed by atoms with Crippen LogP contribution in [0.4, 0.5) is 78.0 Å². The van der Waals surface area contributed by atoms with Crippen LogP contribution in [-0.4, -0.2) is 0 Å². The molecule has 2 unspecified atom stereocenters. The van der Waals surface area contributed by atoms with Gasteiger partial charge in [0.15, 0.2) is 46.5 Å². The summed E-state index contributed by atoms with van der Waals surface area (Å²) < 4.78 is 162. The highest BCUT2D eigenvalue weighted by molar-refractivity contribution is 6.13. The monoisotopic (exact) mass is 1300 g/mol. The van der Waals surface area contributed by atoms with E-state index in [9.17, 15) is 0 Å². The van der Waals surface area contributed by atoms with Gasteiger partial charge in [0.05, 0.1) is 22.2 Å². The van der Waals surface area contributed by atoms with Gasteiger partial charge in [-0.3, -0.25) is 0 Å². The van der Waals surface area contributed by atoms with Crippen LogP contribution in [-0.2, 0) is 10.8 Å². The Morgan fingerprint density at radius 1 is 0.245 bits per heavy atom. The first-order valence-corrected chi connectivity index (χ1v) is 31.4. The summed E-state index contributed by atoms with van der Waals surface area (Å²) in [6.07, 6.45) is 3.18. The van der Waals surface area contributed by atoms with E-state index in [1.54, 1.807) is 121 Å². The molecule has 0 heterocycles. The lowest BCUT2D eigenvalue weighted by atomic mass is 9.67. The van der Waals surface area contributed by atoms with E-state index in [2.05, 4.69) is 13.2 Å². The molecule has 0 amide bonds. The minimum atomic E-state index is -2.27. The molecule has 0 aliphatic heterocycles. The number of rotatable bonds is 13. The molecule has 12 heteroatoms. The van der Waals surface area contributed by atoms with Crippen LogP contribution in [0.3, 0.4) is 0 Å². The predicted molar refractivity (Wildman–Crippen MR) is 371 cm³/mol. The zero-order valence-corrected chi connectivity index (χ0v) is 51.6. The van der Waals surface area contributed by atoms with Crippen molar-refractivity contribution in [3.8, 4) is 33.4 Å². The van der Waals surface area contributed by atoms with E-state index in [0.717, 1.165) is 32.7 Å². The molecule has 474 valence electrons. The van der Waals surface area contributed by atoms with Crippen molar-refractivity contribution >= 4 is 67.8 Å². The van der Waals surface area contributed by atoms with E-state index < -0.39 is 80.1 Å². The van der Waals surface area contributed by atoms with Crippen LogP contribution >= 0.6 is 0 Å². The van der Waals surface area contributed by atoms with Gasteiger partial charge in [-0.05, 0) is 149 Å². The molecule has 0 bridgehead atoms. The highest BCUT2D eigenvalue weighted by Gasteiger charge is 2.53. The third-order valence-electron chi connectivity index (χ3n) is 19.5. The maximum atomic E-state index is 17.1. The Balaban J connectivity index is 0.885. The van der Waals surface area contributed by atoms with Gasteiger partial charge in [0.25, 0.3) is 0 Å². The topological polar surface area (TPSA) is 6.48 Å². The van der Waals surface area contributed by atoms with Gasteiger partial charge >= 0.3 is 0 Å². The second-order valence-electron chi connectivity index (χ2n) is 24.3. The maximum Gasteiger partial charge on any atom is 0.200 e. The molecule has 2 aliphatic rings. The predicted octanol–water partition coefficient (Wildman–Crippen LogP) is 24.0. The molecule has 14 aromatic rings. The van der Waals surface area contributed by atoms with Crippen molar-refractivity contribution in [1.82, 2.24) is 0 Å². The zero-order valence-electron chi connectivity index (χ0n) is 51.6. The van der Waals surface area contributed by atoms with Crippen LogP contribution in [0.5, 0.6) is 0 Å². The number of halogens is 10. The normalized spacial score (nSPS) is 15.0. The minimum Gasteiger partial charge on any atom is -0.310 e. The molecule has 0 saturated carbocycles. The van der Waals surface area contributed by atoms with Gasteiger partial charge in [0.2, 0.25) is 11.6 Å². The van der Waals surface area contributed by atoms with E-state index in [1.165, 1.54) is 0 Å². The molecule has 2 atom stereocenters. The first-order chi connectivity index (χ1) is 47.7. The number of hydrogen-bond donors (Lipinski definition) is 0. The first kappa shape index (κ1) is 60.9. The van der Waals surface area contributed by atoms with Crippen molar-refractivity contribution in [2.45, 2.75) is 10.8 Å². The van der Waals surface area contributed by atoms with Gasteiger partial charge < -0.3 is 9.80 Å². The molecule has 2 nitrogen and oxygen atoms in total. The minimum absolute atomic E-state index is 0.248. The lowest BCUT2D eigenvalue weighted by molar-refractivity contribution is 0.363. The van der Waals surface area contributed by atoms with E-state index in [0.29, 0.717) is 78.6 Å². The van der Waals surface area contributed by atoms with Crippen LogP contribution in [0.25, 0.3) is 67.1 Å². The summed E-state index contributed by atoms with van der Waals surface area (Å²) >= 11 is 0. The van der Waals surface area contributed by atoms with Crippen molar-refractivity contribution in [2.75, 3.05) is 9.80 Å². The van der Waals surface area contributed by atoms with Crippen molar-refractivity contribution < 1.29 is 43.9 Å². The fourth-order valence-corrected chi connectivity index (χ4v) is 15.3. The largest absolute Gasteiger partial charge is 0.310 e. The lowest BCUT2D eigenvalue weighted by Gasteiger charge is -2.35. The molecule has 0 saturated heterocycles. The summed E-state index contributed by atoms with van der Waals surface area (Å²) in [6, 6.07) is 80.6. The van der Waals surface area contributed by atoms with E-state index in [4.69, 9.17) is 0 Å². The zero-order chi connectivity index (χ0) is 67.5. The number of hydrogen-bond acceptors (Lipinski definition) is 2. The molecule has 16 rings (SSSR count). The fourth-order valence-electron chi connectivity index (χ4n) is 15.3. The summed E-state index contributed by atoms with van der Waals surface area (Å²) in [5.41, 5.74) is 4.22. The van der Waals surface area contributed by atoms with Crippen LogP contribution in [0, 0.1) is 58.2 Å². The van der Waals surface area contributed by atoms with Gasteiger partial charge in [-0.15, -0.1) is 0 Å². The molecule has 14 aromatic carbocycles. The Labute approximate surface area is 556 Å². The van der Waals surface area contributed by atoms with Crippen molar-refractivity contribution in [1.29, 1.82) is 0 Å². The SMILES string of the molecule is C=Cc1ccc(C2(c3c(F)c(F)c(F)c(F)c3F)c3ccccc3-c3ccc(N(c4ccccc4)c4ccc(-c5ccc(N(c6ccccc6)c6ccc7c(c6)C(c6ccc(C=C)cc6)(c6c(F)c(F)c(F)c(F)c6F)c6ccccc6-7)c6ccccc56)c5ccccc45)cc32)cc1. The van der Waals surface area contributed by atoms with E-state index in [-0.39, 0.29) is 22.3 Å². The molecular weight excluding hydrogens is 1250 g/mol. The van der Waals surface area contributed by atoms with Crippen molar-refractivity contribution in [2.24, 2.45) is 0 Å². The molecule has 0 radical (unpaired) electrons. The Bertz CT molecular complexity index is 5230. The second kappa shape index (κ2) is 23.4. The molecule has 0 N–H and O–H groups in total. The first-order valence-electron chi connectivity index (χ1n) is 31.4. The summed E-state index contributed by atoms with van der Waals surface area (Å²) in [5.74, 6) is -20.7. The molecule has 2 aliphatic carbocycles. The third kappa shape index (κ3) is 8.82. The number of benzene rings is 14. The highest BCUT2D eigenvalue weighted by Crippen LogP contribution is 2.61. The Morgan fingerprint density at radius 3 is 0.898 bits per heavy atom. The van der Waals surface area contributed by atoms with Crippen LogP contribution < -0.4 is 9.80 Å². The standard InChI is InChI=1S/C86H50F10N2/c1-3-49-31-35-51(36-32-49)85(73-75(87)79(91)83(95)80(92)76(73)88)67-29-17-15-25-61(67)63-41-39-55(47-69(63)85)97(53-19-7-5-8-20-53)71-45-43-59(57-23-11-13-27-65(57)71)60-44-46-72(66-28-14-12-24-58(60)66)98(54-21-9-6-10-22-54)56-40-42-64-62-26-16-18-30-68(62)86(70(64)48-56,52-37-33-50(4-2)34-38-52)74-77(89)81(93)84(96)82(94)78(74)90/h3-48H,1-2H2. The van der Waals surface area contributed by atoms with Crippen molar-refractivity contribution in [3.63, 3.8) is 0 Å².